The Morgan fingerprint density at radius 2 is 2.22 bits per heavy atom. The topological polar surface area (TPSA) is 3.24 Å². The van der Waals surface area contributed by atoms with E-state index in [-0.39, 0.29) is 0 Å². The lowest BCUT2D eigenvalue weighted by molar-refractivity contribution is 0.0873. The van der Waals surface area contributed by atoms with Crippen molar-refractivity contribution < 1.29 is 8.78 Å². The van der Waals surface area contributed by atoms with E-state index in [0.29, 0.717) is 6.42 Å². The summed E-state index contributed by atoms with van der Waals surface area (Å²) in [4.78, 5) is 0. The van der Waals surface area contributed by atoms with Crippen molar-refractivity contribution in [2.75, 3.05) is 6.54 Å². The summed E-state index contributed by atoms with van der Waals surface area (Å²) in [7, 11) is 0. The molecule has 1 saturated heterocycles. The Hall–Kier alpha value is 0.550. The van der Waals surface area contributed by atoms with E-state index in [0.717, 1.165) is 13.0 Å². The van der Waals surface area contributed by atoms with Crippen LogP contribution in [0.1, 0.15) is 12.8 Å². The van der Waals surface area contributed by atoms with Gasteiger partial charge in [0.15, 0.2) is 0 Å². The second-order valence-corrected chi connectivity index (χ2v) is 3.41. The Morgan fingerprint density at radius 1 is 1.56 bits per heavy atom. The van der Waals surface area contributed by atoms with Gasteiger partial charge in [-0.2, -0.15) is 0 Å². The zero-order valence-corrected chi connectivity index (χ0v) is 7.01. The molecule has 9 heavy (non-hydrogen) atoms. The molecule has 1 rings (SSSR count). The van der Waals surface area contributed by atoms with Crippen LogP contribution in [0.3, 0.4) is 0 Å². The van der Waals surface area contributed by atoms with Crippen LogP contribution in [-0.4, -0.2) is 22.1 Å². The number of alkyl halides is 2. The minimum absolute atomic E-state index is 0.481. The van der Waals surface area contributed by atoms with E-state index in [4.69, 9.17) is 0 Å². The normalized spacial score (nSPS) is 30.0. The van der Waals surface area contributed by atoms with Gasteiger partial charge in [-0.3, -0.25) is 0 Å². The highest BCUT2D eigenvalue weighted by Gasteiger charge is 2.29. The zero-order chi connectivity index (χ0) is 6.85. The van der Waals surface area contributed by atoms with Gasteiger partial charge >= 0.3 is 0 Å². The molecule has 1 fully saturated rings. The van der Waals surface area contributed by atoms with Crippen molar-refractivity contribution in [2.24, 2.45) is 0 Å². The van der Waals surface area contributed by atoms with Crippen molar-refractivity contribution in [2.45, 2.75) is 25.3 Å². The van der Waals surface area contributed by atoms with Crippen LogP contribution in [0.2, 0.25) is 0 Å². The number of hydrogen-bond donors (Lipinski definition) is 0. The Labute approximate surface area is 66.9 Å². The first-order valence-electron chi connectivity index (χ1n) is 2.92. The second-order valence-electron chi connectivity index (χ2n) is 2.17. The SMILES string of the molecule is FC(F)[C@@H]1CCCN1I. The number of halogens is 3. The molecule has 54 valence electrons. The summed E-state index contributed by atoms with van der Waals surface area (Å²) >= 11 is 1.96. The van der Waals surface area contributed by atoms with Gasteiger partial charge in [-0.15, -0.1) is 0 Å². The Kier molecular flexibility index (Phi) is 2.63. The minimum atomic E-state index is -2.16. The number of rotatable bonds is 1. The molecule has 0 aromatic heterocycles. The van der Waals surface area contributed by atoms with Crippen LogP contribution in [0.5, 0.6) is 0 Å². The van der Waals surface area contributed by atoms with E-state index in [1.165, 1.54) is 0 Å². The number of nitrogens with zero attached hydrogens (tertiary/aromatic N) is 1. The van der Waals surface area contributed by atoms with Crippen LogP contribution in [-0.2, 0) is 0 Å². The average molecular weight is 247 g/mol. The summed E-state index contributed by atoms with van der Waals surface area (Å²) < 4.78 is 25.6. The molecule has 0 radical (unpaired) electrons. The first-order valence-corrected chi connectivity index (χ1v) is 3.89. The van der Waals surface area contributed by atoms with E-state index in [9.17, 15) is 8.78 Å². The van der Waals surface area contributed by atoms with Crippen molar-refractivity contribution >= 4 is 22.9 Å². The van der Waals surface area contributed by atoms with Gasteiger partial charge in [0.25, 0.3) is 6.43 Å². The highest BCUT2D eigenvalue weighted by Crippen LogP contribution is 2.25. The third-order valence-corrected chi connectivity index (χ3v) is 2.72. The maximum atomic E-state index is 11.9. The summed E-state index contributed by atoms with van der Waals surface area (Å²) in [6.45, 7) is 0.815. The maximum Gasteiger partial charge on any atom is 0.254 e. The molecule has 1 atom stereocenters. The third-order valence-electron chi connectivity index (χ3n) is 1.52. The quantitative estimate of drug-likeness (QED) is 0.506. The van der Waals surface area contributed by atoms with Crippen molar-refractivity contribution in [3.8, 4) is 0 Å². The molecule has 1 aliphatic heterocycles. The second kappa shape index (κ2) is 3.09. The molecule has 0 aromatic carbocycles. The third kappa shape index (κ3) is 1.73. The minimum Gasteiger partial charge on any atom is -0.239 e. The van der Waals surface area contributed by atoms with Crippen molar-refractivity contribution in [1.82, 2.24) is 3.11 Å². The monoisotopic (exact) mass is 247 g/mol. The van der Waals surface area contributed by atoms with Crippen LogP contribution in [0.4, 0.5) is 8.78 Å². The lowest BCUT2D eigenvalue weighted by atomic mass is 10.2. The summed E-state index contributed by atoms with van der Waals surface area (Å²) in [5.74, 6) is 0. The van der Waals surface area contributed by atoms with Gasteiger partial charge in [-0.1, -0.05) is 0 Å². The zero-order valence-electron chi connectivity index (χ0n) is 4.86. The fourth-order valence-corrected chi connectivity index (χ4v) is 1.87. The van der Waals surface area contributed by atoms with E-state index in [1.807, 2.05) is 22.9 Å². The summed E-state index contributed by atoms with van der Waals surface area (Å²) in [5.41, 5.74) is 0. The summed E-state index contributed by atoms with van der Waals surface area (Å²) in [6, 6.07) is -0.481. The Balaban J connectivity index is 2.40. The van der Waals surface area contributed by atoms with Crippen LogP contribution in [0, 0.1) is 0 Å². The molecular weight excluding hydrogens is 239 g/mol. The fraction of sp³-hybridized carbons (Fsp3) is 1.00. The number of hydrogen-bond acceptors (Lipinski definition) is 1. The van der Waals surface area contributed by atoms with Gasteiger partial charge in [0.05, 0.1) is 6.04 Å². The lowest BCUT2D eigenvalue weighted by Gasteiger charge is -2.14. The molecule has 1 heterocycles. The van der Waals surface area contributed by atoms with E-state index < -0.39 is 12.5 Å². The molecule has 0 aromatic rings. The van der Waals surface area contributed by atoms with Crippen molar-refractivity contribution in [1.29, 1.82) is 0 Å². The molecule has 0 N–H and O–H groups in total. The van der Waals surface area contributed by atoms with Crippen LogP contribution in [0.15, 0.2) is 0 Å². The van der Waals surface area contributed by atoms with Crippen molar-refractivity contribution in [3.63, 3.8) is 0 Å². The molecule has 1 aliphatic rings. The first kappa shape index (κ1) is 7.65. The Bertz CT molecular complexity index is 99.0. The first-order chi connectivity index (χ1) is 4.22. The highest BCUT2D eigenvalue weighted by atomic mass is 127. The average Bonchev–Trinajstić information content (AvgIpc) is 2.13. The van der Waals surface area contributed by atoms with Gasteiger partial charge < -0.3 is 0 Å². The van der Waals surface area contributed by atoms with Crippen LogP contribution >= 0.6 is 22.9 Å². The summed E-state index contributed by atoms with van der Waals surface area (Å²) in [5, 5.41) is 0. The predicted molar refractivity (Wildman–Crippen MR) is 39.8 cm³/mol. The van der Waals surface area contributed by atoms with Gasteiger partial charge in [0, 0.05) is 29.4 Å². The molecule has 0 amide bonds. The van der Waals surface area contributed by atoms with Gasteiger partial charge in [-0.05, 0) is 12.8 Å². The molecule has 0 bridgehead atoms. The van der Waals surface area contributed by atoms with E-state index >= 15 is 0 Å². The maximum absolute atomic E-state index is 11.9. The highest BCUT2D eigenvalue weighted by molar-refractivity contribution is 14.1. The van der Waals surface area contributed by atoms with Crippen LogP contribution in [0.25, 0.3) is 0 Å². The molecular formula is C5H8F2IN. The standard InChI is InChI=1S/C5H8F2IN/c6-5(7)4-2-1-3-9(4)8/h4-5H,1-3H2/t4-/m0/s1. The Morgan fingerprint density at radius 3 is 2.44 bits per heavy atom. The van der Waals surface area contributed by atoms with E-state index in [2.05, 4.69) is 0 Å². The van der Waals surface area contributed by atoms with Crippen LogP contribution < -0.4 is 0 Å². The predicted octanol–water partition coefficient (Wildman–Crippen LogP) is 2.07. The molecule has 1 nitrogen and oxygen atoms in total. The summed E-state index contributed by atoms with van der Waals surface area (Å²) in [6.07, 6.45) is -0.595. The van der Waals surface area contributed by atoms with Gasteiger partial charge in [0.1, 0.15) is 0 Å². The fourth-order valence-electron chi connectivity index (χ4n) is 1.01. The lowest BCUT2D eigenvalue weighted by Crippen LogP contribution is -2.26. The smallest absolute Gasteiger partial charge is 0.239 e. The van der Waals surface area contributed by atoms with E-state index in [1.54, 1.807) is 3.11 Å². The molecule has 4 heteroatoms. The molecule has 0 unspecified atom stereocenters. The largest absolute Gasteiger partial charge is 0.254 e. The molecule has 0 saturated carbocycles. The van der Waals surface area contributed by atoms with Crippen molar-refractivity contribution in [3.05, 3.63) is 0 Å². The van der Waals surface area contributed by atoms with Gasteiger partial charge in [0.2, 0.25) is 0 Å². The molecule has 0 aliphatic carbocycles. The van der Waals surface area contributed by atoms with Gasteiger partial charge in [-0.25, -0.2) is 11.9 Å². The molecule has 0 spiro atoms.